The number of benzene rings is 1. The van der Waals surface area contributed by atoms with E-state index in [9.17, 15) is 4.39 Å². The zero-order valence-electron chi connectivity index (χ0n) is 10.3. The van der Waals surface area contributed by atoms with Crippen molar-refractivity contribution in [3.8, 4) is 0 Å². The van der Waals surface area contributed by atoms with Crippen LogP contribution in [0.15, 0.2) is 39.6 Å². The molecule has 0 bridgehead atoms. The molecule has 0 fully saturated rings. The first kappa shape index (κ1) is 13.3. The third-order valence-electron chi connectivity index (χ3n) is 3.11. The maximum Gasteiger partial charge on any atom is 0.173 e. The van der Waals surface area contributed by atoms with E-state index in [1.165, 1.54) is 6.07 Å². The summed E-state index contributed by atoms with van der Waals surface area (Å²) >= 11 is 3.37. The van der Waals surface area contributed by atoms with Gasteiger partial charge in [0.1, 0.15) is 5.82 Å². The summed E-state index contributed by atoms with van der Waals surface area (Å²) in [5.74, 6) is -0.197. The molecule has 0 spiro atoms. The molecule has 2 nitrogen and oxygen atoms in total. The van der Waals surface area contributed by atoms with Crippen LogP contribution in [0.25, 0.3) is 0 Å². The molecule has 0 amide bonds. The highest BCUT2D eigenvalue weighted by atomic mass is 79.9. The Hall–Kier alpha value is -1.13. The van der Waals surface area contributed by atoms with E-state index in [0.29, 0.717) is 0 Å². The molecule has 1 aromatic carbocycles. The maximum atomic E-state index is 13.3. The Morgan fingerprint density at radius 1 is 1.39 bits per heavy atom. The van der Waals surface area contributed by atoms with Crippen molar-refractivity contribution in [3.05, 3.63) is 57.7 Å². The van der Waals surface area contributed by atoms with E-state index >= 15 is 0 Å². The zero-order chi connectivity index (χ0) is 13.1. The van der Waals surface area contributed by atoms with Crippen molar-refractivity contribution >= 4 is 15.9 Å². The average molecular weight is 312 g/mol. The van der Waals surface area contributed by atoms with Crippen molar-refractivity contribution in [2.75, 3.05) is 7.05 Å². The predicted octanol–water partition coefficient (Wildman–Crippen LogP) is 3.99. The fourth-order valence-corrected chi connectivity index (χ4v) is 2.52. The van der Waals surface area contributed by atoms with Crippen LogP contribution in [0.4, 0.5) is 4.39 Å². The highest BCUT2D eigenvalue weighted by Crippen LogP contribution is 2.27. The Labute approximate surface area is 114 Å². The van der Waals surface area contributed by atoms with E-state index in [2.05, 4.69) is 21.2 Å². The smallest absolute Gasteiger partial charge is 0.173 e. The molecule has 1 N–H and O–H groups in total. The maximum absolute atomic E-state index is 13.3. The van der Waals surface area contributed by atoms with E-state index in [-0.39, 0.29) is 11.9 Å². The fraction of sp³-hybridized carbons (Fsp3) is 0.286. The molecular formula is C14H15BrFNO. The molecule has 1 heterocycles. The van der Waals surface area contributed by atoms with Crippen LogP contribution in [0.3, 0.4) is 0 Å². The van der Waals surface area contributed by atoms with Gasteiger partial charge < -0.3 is 9.73 Å². The summed E-state index contributed by atoms with van der Waals surface area (Å²) in [6.07, 6.45) is 2.36. The molecule has 4 heteroatoms. The summed E-state index contributed by atoms with van der Waals surface area (Å²) in [6, 6.07) is 6.90. The Morgan fingerprint density at radius 3 is 2.78 bits per heavy atom. The molecule has 0 saturated heterocycles. The Bertz CT molecular complexity index is 538. The number of halogens is 2. The van der Waals surface area contributed by atoms with E-state index in [4.69, 9.17) is 4.42 Å². The lowest BCUT2D eigenvalue weighted by molar-refractivity contribution is 0.517. The van der Waals surface area contributed by atoms with Gasteiger partial charge in [-0.2, -0.15) is 0 Å². The van der Waals surface area contributed by atoms with Gasteiger partial charge >= 0.3 is 0 Å². The summed E-state index contributed by atoms with van der Waals surface area (Å²) in [5, 5.41) is 3.23. The van der Waals surface area contributed by atoms with Crippen LogP contribution in [0.2, 0.25) is 0 Å². The highest BCUT2D eigenvalue weighted by Gasteiger charge is 2.16. The SMILES string of the molecule is CNC(Cc1cc(F)ccc1C)c1ccoc1Br. The molecule has 18 heavy (non-hydrogen) atoms. The second kappa shape index (κ2) is 5.67. The van der Waals surface area contributed by atoms with Crippen LogP contribution in [0.1, 0.15) is 22.7 Å². The first-order chi connectivity index (χ1) is 8.61. The number of hydrogen-bond donors (Lipinski definition) is 1. The summed E-state index contributed by atoms with van der Waals surface area (Å²) < 4.78 is 19.2. The van der Waals surface area contributed by atoms with Crippen LogP contribution in [-0.4, -0.2) is 7.05 Å². The fourth-order valence-electron chi connectivity index (χ4n) is 2.00. The molecule has 0 saturated carbocycles. The third-order valence-corrected chi connectivity index (χ3v) is 3.75. The van der Waals surface area contributed by atoms with E-state index < -0.39 is 0 Å². The monoisotopic (exact) mass is 311 g/mol. The van der Waals surface area contributed by atoms with Gasteiger partial charge in [-0.25, -0.2) is 4.39 Å². The Kier molecular flexibility index (Phi) is 4.19. The highest BCUT2D eigenvalue weighted by molar-refractivity contribution is 9.10. The number of hydrogen-bond acceptors (Lipinski definition) is 2. The number of rotatable bonds is 4. The van der Waals surface area contributed by atoms with Crippen molar-refractivity contribution < 1.29 is 8.81 Å². The average Bonchev–Trinajstić information content (AvgIpc) is 2.77. The molecular weight excluding hydrogens is 297 g/mol. The molecule has 2 aromatic rings. The summed E-state index contributed by atoms with van der Waals surface area (Å²) in [5.41, 5.74) is 3.14. The van der Waals surface area contributed by atoms with Crippen molar-refractivity contribution in [1.29, 1.82) is 0 Å². The lowest BCUT2D eigenvalue weighted by Gasteiger charge is -2.16. The Balaban J connectivity index is 2.26. The predicted molar refractivity (Wildman–Crippen MR) is 73.0 cm³/mol. The normalized spacial score (nSPS) is 12.7. The number of furan rings is 1. The topological polar surface area (TPSA) is 25.2 Å². The van der Waals surface area contributed by atoms with Gasteiger partial charge in [0.15, 0.2) is 4.67 Å². The zero-order valence-corrected chi connectivity index (χ0v) is 11.9. The first-order valence-electron chi connectivity index (χ1n) is 5.77. The number of aryl methyl sites for hydroxylation is 1. The number of nitrogens with one attached hydrogen (secondary N) is 1. The molecule has 0 aliphatic carbocycles. The molecule has 1 atom stereocenters. The van der Waals surface area contributed by atoms with Crippen LogP contribution in [-0.2, 0) is 6.42 Å². The van der Waals surface area contributed by atoms with Gasteiger partial charge in [-0.05, 0) is 65.6 Å². The molecule has 2 rings (SSSR count). The second-order valence-electron chi connectivity index (χ2n) is 4.27. The second-order valence-corrected chi connectivity index (χ2v) is 4.99. The van der Waals surface area contributed by atoms with Gasteiger partial charge in [0, 0.05) is 11.6 Å². The van der Waals surface area contributed by atoms with Gasteiger partial charge in [-0.3, -0.25) is 0 Å². The molecule has 0 aliphatic rings. The minimum absolute atomic E-state index is 0.0959. The molecule has 0 aliphatic heterocycles. The first-order valence-corrected chi connectivity index (χ1v) is 6.56. The minimum atomic E-state index is -0.197. The third kappa shape index (κ3) is 2.82. The number of likely N-dealkylation sites (N-methyl/N-ethyl adjacent to an activating group) is 1. The van der Waals surface area contributed by atoms with Gasteiger partial charge in [0.2, 0.25) is 0 Å². The molecule has 1 unspecified atom stereocenters. The molecule has 1 aromatic heterocycles. The lowest BCUT2D eigenvalue weighted by atomic mass is 9.98. The van der Waals surface area contributed by atoms with Gasteiger partial charge in [-0.1, -0.05) is 6.07 Å². The Morgan fingerprint density at radius 2 is 2.17 bits per heavy atom. The van der Waals surface area contributed by atoms with Crippen LogP contribution in [0, 0.1) is 12.7 Å². The lowest BCUT2D eigenvalue weighted by Crippen LogP contribution is -2.19. The quantitative estimate of drug-likeness (QED) is 0.923. The van der Waals surface area contributed by atoms with Crippen LogP contribution < -0.4 is 5.32 Å². The van der Waals surface area contributed by atoms with Crippen LogP contribution in [0.5, 0.6) is 0 Å². The van der Waals surface area contributed by atoms with E-state index in [1.807, 2.05) is 26.1 Å². The van der Waals surface area contributed by atoms with E-state index in [0.717, 1.165) is 27.8 Å². The van der Waals surface area contributed by atoms with Crippen molar-refractivity contribution in [1.82, 2.24) is 5.32 Å². The minimum Gasteiger partial charge on any atom is -0.457 e. The van der Waals surface area contributed by atoms with Crippen molar-refractivity contribution in [2.24, 2.45) is 0 Å². The van der Waals surface area contributed by atoms with Gasteiger partial charge in [0.25, 0.3) is 0 Å². The molecule has 96 valence electrons. The molecule has 0 radical (unpaired) electrons. The van der Waals surface area contributed by atoms with Gasteiger partial charge in [0.05, 0.1) is 6.26 Å². The largest absolute Gasteiger partial charge is 0.457 e. The van der Waals surface area contributed by atoms with Crippen molar-refractivity contribution in [3.63, 3.8) is 0 Å². The van der Waals surface area contributed by atoms with Crippen LogP contribution >= 0.6 is 15.9 Å². The van der Waals surface area contributed by atoms with Crippen molar-refractivity contribution in [2.45, 2.75) is 19.4 Å². The standard InChI is InChI=1S/C14H15BrFNO/c1-9-3-4-11(16)7-10(9)8-13(17-2)12-5-6-18-14(12)15/h3-7,13,17H,8H2,1-2H3. The summed E-state index contributed by atoms with van der Waals surface area (Å²) in [7, 11) is 1.89. The van der Waals surface area contributed by atoms with Gasteiger partial charge in [-0.15, -0.1) is 0 Å². The van der Waals surface area contributed by atoms with E-state index in [1.54, 1.807) is 12.3 Å². The summed E-state index contributed by atoms with van der Waals surface area (Å²) in [6.45, 7) is 1.99. The summed E-state index contributed by atoms with van der Waals surface area (Å²) in [4.78, 5) is 0.